The highest BCUT2D eigenvalue weighted by molar-refractivity contribution is 5.95. The third-order valence-electron chi connectivity index (χ3n) is 2.79. The fourth-order valence-electron chi connectivity index (χ4n) is 1.83. The van der Waals surface area contributed by atoms with Crippen molar-refractivity contribution in [1.82, 2.24) is 4.57 Å². The Morgan fingerprint density at radius 3 is 2.38 bits per heavy atom. The summed E-state index contributed by atoms with van der Waals surface area (Å²) < 4.78 is 51.8. The number of Topliss-reactive ketones (excluding diaryl/α,β-unsaturated/α-hetero) is 1. The zero-order chi connectivity index (χ0) is 15.6. The monoisotopic (exact) mass is 299 g/mol. The van der Waals surface area contributed by atoms with Gasteiger partial charge in [-0.1, -0.05) is 18.2 Å². The van der Waals surface area contributed by atoms with Gasteiger partial charge in [-0.25, -0.2) is 4.39 Å². The highest BCUT2D eigenvalue weighted by Gasteiger charge is 2.34. The molecule has 2 rings (SSSR count). The van der Waals surface area contributed by atoms with Crippen LogP contribution in [0.1, 0.15) is 16.1 Å². The van der Waals surface area contributed by atoms with Gasteiger partial charge in [-0.15, -0.1) is 0 Å². The Labute approximate surface area is 116 Å². The number of rotatable bonds is 3. The van der Waals surface area contributed by atoms with Gasteiger partial charge < -0.3 is 0 Å². The van der Waals surface area contributed by atoms with Gasteiger partial charge in [0.2, 0.25) is 0 Å². The minimum Gasteiger partial charge on any atom is -0.297 e. The smallest absolute Gasteiger partial charge is 0.297 e. The second kappa shape index (κ2) is 5.51. The van der Waals surface area contributed by atoms with E-state index < -0.39 is 35.6 Å². The van der Waals surface area contributed by atoms with Crippen molar-refractivity contribution in [1.29, 1.82) is 0 Å². The molecule has 1 heterocycles. The minimum atomic E-state index is -4.76. The van der Waals surface area contributed by atoms with E-state index in [4.69, 9.17) is 0 Å². The number of nitrogens with zero attached hydrogens (tertiary/aromatic N) is 1. The summed E-state index contributed by atoms with van der Waals surface area (Å²) in [5.74, 6) is -1.47. The van der Waals surface area contributed by atoms with E-state index in [0.717, 1.165) is 24.3 Å². The molecule has 21 heavy (non-hydrogen) atoms. The van der Waals surface area contributed by atoms with Crippen molar-refractivity contribution in [2.75, 3.05) is 0 Å². The molecule has 0 fully saturated rings. The molecule has 0 saturated heterocycles. The predicted molar refractivity (Wildman–Crippen MR) is 66.4 cm³/mol. The van der Waals surface area contributed by atoms with Crippen LogP contribution in [0.4, 0.5) is 17.6 Å². The molecular formula is C14H9F4NO2. The van der Waals surface area contributed by atoms with Crippen LogP contribution in [0.25, 0.3) is 0 Å². The molecule has 0 unspecified atom stereocenters. The summed E-state index contributed by atoms with van der Waals surface area (Å²) in [7, 11) is 0. The van der Waals surface area contributed by atoms with Crippen LogP contribution in [0.5, 0.6) is 0 Å². The van der Waals surface area contributed by atoms with Crippen molar-refractivity contribution in [3.8, 4) is 0 Å². The first-order chi connectivity index (χ1) is 9.79. The molecule has 0 aliphatic heterocycles. The first kappa shape index (κ1) is 15.0. The number of ketones is 1. The molecule has 0 radical (unpaired) electrons. The third-order valence-corrected chi connectivity index (χ3v) is 2.79. The molecule has 0 N–H and O–H groups in total. The summed E-state index contributed by atoms with van der Waals surface area (Å²) in [4.78, 5) is 23.5. The summed E-state index contributed by atoms with van der Waals surface area (Å²) in [6.07, 6.45) is -4.76. The highest BCUT2D eigenvalue weighted by Crippen LogP contribution is 2.28. The fourth-order valence-corrected chi connectivity index (χ4v) is 1.83. The maximum absolute atomic E-state index is 13.0. The summed E-state index contributed by atoms with van der Waals surface area (Å²) in [6.45, 7) is -0.808. The normalized spacial score (nSPS) is 11.4. The SMILES string of the molecule is O=C(Cn1c(C(F)(F)F)cccc1=O)c1cccc(F)c1. The fraction of sp³-hybridized carbons (Fsp3) is 0.143. The number of alkyl halides is 3. The van der Waals surface area contributed by atoms with Gasteiger partial charge in [0.15, 0.2) is 5.78 Å². The Bertz CT molecular complexity index is 734. The van der Waals surface area contributed by atoms with Gasteiger partial charge in [0.05, 0.1) is 6.54 Å². The molecule has 0 aliphatic carbocycles. The van der Waals surface area contributed by atoms with Gasteiger partial charge >= 0.3 is 6.18 Å². The molecule has 0 aliphatic rings. The number of benzene rings is 1. The predicted octanol–water partition coefficient (Wildman–Crippen LogP) is 2.89. The summed E-state index contributed by atoms with van der Waals surface area (Å²) in [6, 6.07) is 7.15. The molecule has 0 saturated carbocycles. The van der Waals surface area contributed by atoms with Crippen LogP contribution in [0.3, 0.4) is 0 Å². The zero-order valence-corrected chi connectivity index (χ0v) is 10.5. The Morgan fingerprint density at radius 2 is 1.76 bits per heavy atom. The van der Waals surface area contributed by atoms with E-state index in [1.807, 2.05) is 0 Å². The van der Waals surface area contributed by atoms with Gasteiger partial charge in [0.1, 0.15) is 11.5 Å². The van der Waals surface area contributed by atoms with Crippen molar-refractivity contribution >= 4 is 5.78 Å². The first-order valence-electron chi connectivity index (χ1n) is 5.85. The van der Waals surface area contributed by atoms with Crippen LogP contribution >= 0.6 is 0 Å². The van der Waals surface area contributed by atoms with Crippen LogP contribution in [0.15, 0.2) is 47.3 Å². The molecule has 1 aromatic carbocycles. The Morgan fingerprint density at radius 1 is 1.10 bits per heavy atom. The van der Waals surface area contributed by atoms with Crippen LogP contribution < -0.4 is 5.56 Å². The lowest BCUT2D eigenvalue weighted by molar-refractivity contribution is -0.144. The van der Waals surface area contributed by atoms with Crippen molar-refractivity contribution in [2.24, 2.45) is 0 Å². The molecule has 2 aromatic rings. The van der Waals surface area contributed by atoms with E-state index in [1.54, 1.807) is 0 Å². The molecule has 110 valence electrons. The largest absolute Gasteiger partial charge is 0.431 e. The summed E-state index contributed by atoms with van der Waals surface area (Å²) in [5.41, 5.74) is -2.27. The number of pyridine rings is 1. The van der Waals surface area contributed by atoms with Crippen LogP contribution in [-0.2, 0) is 12.7 Å². The van der Waals surface area contributed by atoms with Crippen molar-refractivity contribution in [3.05, 3.63) is 69.9 Å². The van der Waals surface area contributed by atoms with E-state index in [0.29, 0.717) is 10.6 Å². The van der Waals surface area contributed by atoms with Gasteiger partial charge in [-0.05, 0) is 18.2 Å². The lowest BCUT2D eigenvalue weighted by atomic mass is 10.1. The molecule has 0 atom stereocenters. The molecule has 1 aromatic heterocycles. The summed E-state index contributed by atoms with van der Waals surface area (Å²) >= 11 is 0. The van der Waals surface area contributed by atoms with Crippen molar-refractivity contribution < 1.29 is 22.4 Å². The molecule has 0 bridgehead atoms. The molecule has 3 nitrogen and oxygen atoms in total. The van der Waals surface area contributed by atoms with Crippen molar-refractivity contribution in [2.45, 2.75) is 12.7 Å². The van der Waals surface area contributed by atoms with Gasteiger partial charge in [-0.3, -0.25) is 14.2 Å². The number of halogens is 4. The van der Waals surface area contributed by atoms with Crippen molar-refractivity contribution in [3.63, 3.8) is 0 Å². The molecule has 7 heteroatoms. The maximum atomic E-state index is 13.0. The number of hydrogen-bond donors (Lipinski definition) is 0. The number of hydrogen-bond acceptors (Lipinski definition) is 2. The average molecular weight is 299 g/mol. The van der Waals surface area contributed by atoms with Gasteiger partial charge in [0, 0.05) is 11.6 Å². The Balaban J connectivity index is 2.40. The topological polar surface area (TPSA) is 39.1 Å². The molecule has 0 amide bonds. The first-order valence-corrected chi connectivity index (χ1v) is 5.85. The van der Waals surface area contributed by atoms with E-state index in [1.165, 1.54) is 12.1 Å². The van der Waals surface area contributed by atoms with Crippen LogP contribution in [-0.4, -0.2) is 10.4 Å². The third kappa shape index (κ3) is 3.36. The lowest BCUT2D eigenvalue weighted by Gasteiger charge is -2.14. The van der Waals surface area contributed by atoms with Crippen LogP contribution in [0.2, 0.25) is 0 Å². The van der Waals surface area contributed by atoms with E-state index in [-0.39, 0.29) is 5.56 Å². The minimum absolute atomic E-state index is 0.0983. The molecule has 0 spiro atoms. The number of carbonyl (C=O) groups excluding carboxylic acids is 1. The second-order valence-corrected chi connectivity index (χ2v) is 4.27. The number of carbonyl (C=O) groups is 1. The Hall–Kier alpha value is -2.44. The molecular weight excluding hydrogens is 290 g/mol. The van der Waals surface area contributed by atoms with E-state index in [9.17, 15) is 27.2 Å². The van der Waals surface area contributed by atoms with Gasteiger partial charge in [-0.2, -0.15) is 13.2 Å². The average Bonchev–Trinajstić information content (AvgIpc) is 2.39. The van der Waals surface area contributed by atoms with Crippen LogP contribution in [0, 0.1) is 5.82 Å². The second-order valence-electron chi connectivity index (χ2n) is 4.27. The Kier molecular flexibility index (Phi) is 3.93. The van der Waals surface area contributed by atoms with E-state index in [2.05, 4.69) is 0 Å². The summed E-state index contributed by atoms with van der Waals surface area (Å²) in [5, 5.41) is 0. The zero-order valence-electron chi connectivity index (χ0n) is 10.5. The lowest BCUT2D eigenvalue weighted by Crippen LogP contribution is -2.30. The highest BCUT2D eigenvalue weighted by atomic mass is 19.4. The standard InChI is InChI=1S/C14H9F4NO2/c15-10-4-1-3-9(7-10)11(20)8-19-12(14(16,17)18)5-2-6-13(19)21/h1-7H,8H2. The van der Waals surface area contributed by atoms with Gasteiger partial charge in [0.25, 0.3) is 5.56 Å². The quantitative estimate of drug-likeness (QED) is 0.646. The maximum Gasteiger partial charge on any atom is 0.431 e. The number of aromatic nitrogens is 1. The van der Waals surface area contributed by atoms with E-state index >= 15 is 0 Å².